The van der Waals surface area contributed by atoms with E-state index in [9.17, 15) is 18.4 Å². The molecule has 1 aromatic heterocycles. The van der Waals surface area contributed by atoms with Crippen LogP contribution in [-0.2, 0) is 6.42 Å². The molecule has 6 nitrogen and oxygen atoms in total. The van der Waals surface area contributed by atoms with Crippen molar-refractivity contribution in [2.45, 2.75) is 6.42 Å². The summed E-state index contributed by atoms with van der Waals surface area (Å²) < 4.78 is 37.2. The number of amides is 1. The van der Waals surface area contributed by atoms with E-state index in [1.165, 1.54) is 6.07 Å². The third-order valence-electron chi connectivity index (χ3n) is 4.45. The number of H-pyrrole nitrogens is 1. The molecule has 3 aromatic rings. The van der Waals surface area contributed by atoms with Gasteiger partial charge in [0, 0.05) is 29.1 Å². The number of ether oxygens (including phenoxy) is 2. The van der Waals surface area contributed by atoms with Crippen LogP contribution in [0.5, 0.6) is 11.5 Å². The third-order valence-corrected chi connectivity index (χ3v) is 4.45. The van der Waals surface area contributed by atoms with Gasteiger partial charge >= 0.3 is 0 Å². The predicted octanol–water partition coefficient (Wildman–Crippen LogP) is 2.55. The number of carbonyl (C=O) groups excluding carboxylic acids is 1. The Labute approximate surface area is 158 Å². The van der Waals surface area contributed by atoms with Gasteiger partial charge in [-0.3, -0.25) is 9.59 Å². The quantitative estimate of drug-likeness (QED) is 0.722. The number of rotatable bonds is 4. The van der Waals surface area contributed by atoms with Gasteiger partial charge in [0.25, 0.3) is 11.5 Å². The molecule has 0 bridgehead atoms. The zero-order chi connectivity index (χ0) is 19.7. The van der Waals surface area contributed by atoms with Gasteiger partial charge in [0.05, 0.1) is 5.52 Å². The number of pyridine rings is 1. The van der Waals surface area contributed by atoms with E-state index in [1.807, 2.05) is 0 Å². The smallest absolute Gasteiger partial charge is 0.251 e. The number of halogens is 2. The normalized spacial score (nSPS) is 12.8. The lowest BCUT2D eigenvalue weighted by Crippen LogP contribution is -2.27. The number of fused-ring (bicyclic) bond motifs is 2. The van der Waals surface area contributed by atoms with E-state index in [4.69, 9.17) is 9.47 Å². The Morgan fingerprint density at radius 1 is 1.04 bits per heavy atom. The summed E-state index contributed by atoms with van der Waals surface area (Å²) >= 11 is 0. The van der Waals surface area contributed by atoms with E-state index in [0.717, 1.165) is 17.5 Å². The van der Waals surface area contributed by atoms with Gasteiger partial charge in [0.1, 0.15) is 13.2 Å². The van der Waals surface area contributed by atoms with Crippen molar-refractivity contribution < 1.29 is 23.0 Å². The standard InChI is InChI=1S/C20H16F2N2O4/c21-14-2-1-11(8-15(14)22)19(25)23-4-3-12-7-13-9-17-18(28-6-5-27-17)10-16(13)24-20(12)26/h1-2,7-10H,3-6H2,(H,23,25)(H,24,26). The highest BCUT2D eigenvalue weighted by molar-refractivity contribution is 5.94. The fourth-order valence-corrected chi connectivity index (χ4v) is 3.02. The minimum Gasteiger partial charge on any atom is -0.486 e. The topological polar surface area (TPSA) is 80.4 Å². The van der Waals surface area contributed by atoms with Crippen molar-refractivity contribution in [3.05, 3.63) is 69.5 Å². The van der Waals surface area contributed by atoms with Gasteiger partial charge in [-0.25, -0.2) is 8.78 Å². The van der Waals surface area contributed by atoms with Gasteiger partial charge in [-0.15, -0.1) is 0 Å². The lowest BCUT2D eigenvalue weighted by Gasteiger charge is -2.18. The maximum Gasteiger partial charge on any atom is 0.251 e. The first-order valence-corrected chi connectivity index (χ1v) is 8.70. The largest absolute Gasteiger partial charge is 0.486 e. The fourth-order valence-electron chi connectivity index (χ4n) is 3.02. The highest BCUT2D eigenvalue weighted by atomic mass is 19.2. The van der Waals surface area contributed by atoms with E-state index >= 15 is 0 Å². The van der Waals surface area contributed by atoms with Crippen LogP contribution in [0, 0.1) is 11.6 Å². The molecule has 2 heterocycles. The SMILES string of the molecule is O=C(NCCc1cc2cc3c(cc2[nH]c1=O)OCCO3)c1ccc(F)c(F)c1. The summed E-state index contributed by atoms with van der Waals surface area (Å²) in [6.45, 7) is 1.08. The fraction of sp³-hybridized carbons (Fsp3) is 0.200. The van der Waals surface area contributed by atoms with Gasteiger partial charge in [-0.1, -0.05) is 0 Å². The Kier molecular flexibility index (Phi) is 4.68. The average molecular weight is 386 g/mol. The van der Waals surface area contributed by atoms with Gasteiger partial charge in [-0.05, 0) is 36.8 Å². The molecule has 2 N–H and O–H groups in total. The lowest BCUT2D eigenvalue weighted by molar-refractivity contribution is 0.0953. The number of aromatic amines is 1. The summed E-state index contributed by atoms with van der Waals surface area (Å²) in [5.41, 5.74) is 0.847. The summed E-state index contributed by atoms with van der Waals surface area (Å²) in [6.07, 6.45) is 0.273. The van der Waals surface area contributed by atoms with Crippen molar-refractivity contribution >= 4 is 16.8 Å². The summed E-state index contributed by atoms with van der Waals surface area (Å²) in [4.78, 5) is 27.1. The molecule has 0 atom stereocenters. The first-order chi connectivity index (χ1) is 13.5. The Bertz CT molecular complexity index is 1130. The van der Waals surface area contributed by atoms with Crippen molar-refractivity contribution in [1.82, 2.24) is 10.3 Å². The molecule has 8 heteroatoms. The second kappa shape index (κ2) is 7.30. The number of nitrogens with one attached hydrogen (secondary N) is 2. The van der Waals surface area contributed by atoms with E-state index < -0.39 is 17.5 Å². The predicted molar refractivity (Wildman–Crippen MR) is 98.0 cm³/mol. The molecule has 0 unspecified atom stereocenters. The van der Waals surface area contributed by atoms with Crippen LogP contribution in [0.15, 0.2) is 41.2 Å². The molecule has 0 saturated carbocycles. The van der Waals surface area contributed by atoms with Crippen LogP contribution < -0.4 is 20.3 Å². The molecule has 0 spiro atoms. The van der Waals surface area contributed by atoms with Gasteiger partial charge < -0.3 is 19.8 Å². The summed E-state index contributed by atoms with van der Waals surface area (Å²) in [6, 6.07) is 8.17. The number of aromatic nitrogens is 1. The summed E-state index contributed by atoms with van der Waals surface area (Å²) in [5.74, 6) is -1.45. The van der Waals surface area contributed by atoms with E-state index in [1.54, 1.807) is 18.2 Å². The number of hydrogen-bond donors (Lipinski definition) is 2. The van der Waals surface area contributed by atoms with Crippen LogP contribution in [0.3, 0.4) is 0 Å². The van der Waals surface area contributed by atoms with Gasteiger partial charge in [0.15, 0.2) is 23.1 Å². The average Bonchev–Trinajstić information content (AvgIpc) is 2.69. The zero-order valence-electron chi connectivity index (χ0n) is 14.7. The molecular weight excluding hydrogens is 370 g/mol. The van der Waals surface area contributed by atoms with Crippen molar-refractivity contribution in [2.75, 3.05) is 19.8 Å². The molecule has 1 amide bonds. The molecule has 0 saturated heterocycles. The van der Waals surface area contributed by atoms with Crippen molar-refractivity contribution in [1.29, 1.82) is 0 Å². The molecule has 0 radical (unpaired) electrons. The maximum absolute atomic E-state index is 13.2. The molecule has 2 aromatic carbocycles. The molecular formula is C20H16F2N2O4. The van der Waals surface area contributed by atoms with E-state index in [-0.39, 0.29) is 24.1 Å². The summed E-state index contributed by atoms with van der Waals surface area (Å²) in [7, 11) is 0. The second-order valence-electron chi connectivity index (χ2n) is 6.34. The van der Waals surface area contributed by atoms with E-state index in [2.05, 4.69) is 10.3 Å². The second-order valence-corrected chi connectivity index (χ2v) is 6.34. The minimum atomic E-state index is -1.09. The first kappa shape index (κ1) is 18.0. The number of hydrogen-bond acceptors (Lipinski definition) is 4. The molecule has 144 valence electrons. The Hall–Kier alpha value is -3.42. The molecule has 0 aliphatic carbocycles. The highest BCUT2D eigenvalue weighted by Gasteiger charge is 2.14. The molecule has 4 rings (SSSR count). The Morgan fingerprint density at radius 2 is 1.79 bits per heavy atom. The van der Waals surface area contributed by atoms with Crippen LogP contribution in [0.2, 0.25) is 0 Å². The van der Waals surface area contributed by atoms with Crippen molar-refractivity contribution in [3.8, 4) is 11.5 Å². The molecule has 1 aliphatic rings. The van der Waals surface area contributed by atoms with Crippen LogP contribution in [-0.4, -0.2) is 30.6 Å². The van der Waals surface area contributed by atoms with Crippen molar-refractivity contribution in [3.63, 3.8) is 0 Å². The van der Waals surface area contributed by atoms with Crippen molar-refractivity contribution in [2.24, 2.45) is 0 Å². The third kappa shape index (κ3) is 3.53. The van der Waals surface area contributed by atoms with Crippen LogP contribution >= 0.6 is 0 Å². The van der Waals surface area contributed by atoms with Crippen LogP contribution in [0.4, 0.5) is 8.78 Å². The van der Waals surface area contributed by atoms with E-state index in [0.29, 0.717) is 35.8 Å². The van der Waals surface area contributed by atoms with Gasteiger partial charge in [0.2, 0.25) is 0 Å². The Balaban J connectivity index is 1.48. The van der Waals surface area contributed by atoms with Crippen LogP contribution in [0.25, 0.3) is 10.9 Å². The molecule has 28 heavy (non-hydrogen) atoms. The summed E-state index contributed by atoms with van der Waals surface area (Å²) in [5, 5.41) is 3.38. The van der Waals surface area contributed by atoms with Gasteiger partial charge in [-0.2, -0.15) is 0 Å². The first-order valence-electron chi connectivity index (χ1n) is 8.70. The monoisotopic (exact) mass is 386 g/mol. The molecule has 0 fully saturated rings. The Morgan fingerprint density at radius 3 is 2.54 bits per heavy atom. The highest BCUT2D eigenvalue weighted by Crippen LogP contribution is 2.33. The number of carbonyl (C=O) groups is 1. The maximum atomic E-state index is 13.2. The lowest BCUT2D eigenvalue weighted by atomic mass is 10.1. The molecule has 1 aliphatic heterocycles. The van der Waals surface area contributed by atoms with Crippen LogP contribution in [0.1, 0.15) is 15.9 Å². The zero-order valence-corrected chi connectivity index (χ0v) is 14.7. The number of benzene rings is 2. The minimum absolute atomic E-state index is 0.00935.